The monoisotopic (exact) mass is 264 g/mol. The van der Waals surface area contributed by atoms with E-state index in [0.29, 0.717) is 6.07 Å². The molecule has 0 radical (unpaired) electrons. The molecule has 7 heteroatoms. The van der Waals surface area contributed by atoms with Crippen molar-refractivity contribution in [2.75, 3.05) is 0 Å². The van der Waals surface area contributed by atoms with E-state index in [1.807, 2.05) is 0 Å². The molecule has 0 aromatic heterocycles. The van der Waals surface area contributed by atoms with E-state index in [0.717, 1.165) is 6.07 Å². The number of benzene rings is 1. The van der Waals surface area contributed by atoms with Crippen molar-refractivity contribution in [3.63, 3.8) is 0 Å². The zero-order chi connectivity index (χ0) is 13.9. The largest absolute Gasteiger partial charge is 0.504 e. The molecule has 0 heterocycles. The van der Waals surface area contributed by atoms with Gasteiger partial charge in [-0.1, -0.05) is 0 Å². The fourth-order valence-electron chi connectivity index (χ4n) is 1.56. The number of halogens is 3. The summed E-state index contributed by atoms with van der Waals surface area (Å²) in [6.45, 7) is 0. The van der Waals surface area contributed by atoms with E-state index in [1.54, 1.807) is 0 Å². The molecule has 0 bridgehead atoms. The molecule has 1 rings (SSSR count). The highest BCUT2D eigenvalue weighted by atomic mass is 19.4. The average Bonchev–Trinajstić information content (AvgIpc) is 2.22. The van der Waals surface area contributed by atoms with E-state index in [1.165, 1.54) is 0 Å². The topological polar surface area (TPSA) is 77.8 Å². The molecule has 100 valence electrons. The third-order valence-corrected chi connectivity index (χ3v) is 2.38. The molecule has 1 aromatic rings. The van der Waals surface area contributed by atoms with E-state index in [4.69, 9.17) is 10.2 Å². The molecule has 0 spiro atoms. The summed E-state index contributed by atoms with van der Waals surface area (Å²) in [4.78, 5) is 10.3. The van der Waals surface area contributed by atoms with Crippen LogP contribution in [0.5, 0.6) is 11.5 Å². The highest BCUT2D eigenvalue weighted by Crippen LogP contribution is 2.40. The molecule has 0 amide bonds. The maximum Gasteiger partial charge on any atom is 0.416 e. The molecule has 0 atom stereocenters. The predicted molar refractivity (Wildman–Crippen MR) is 55.3 cm³/mol. The number of phenolic OH excluding ortho intramolecular Hbond substituents is 2. The van der Waals surface area contributed by atoms with Crippen molar-refractivity contribution in [1.29, 1.82) is 0 Å². The fourth-order valence-corrected chi connectivity index (χ4v) is 1.56. The van der Waals surface area contributed by atoms with Gasteiger partial charge in [0.15, 0.2) is 11.5 Å². The number of aliphatic carboxylic acids is 1. The summed E-state index contributed by atoms with van der Waals surface area (Å²) in [7, 11) is 0. The summed E-state index contributed by atoms with van der Waals surface area (Å²) in [5.41, 5.74) is -1.55. The average molecular weight is 264 g/mol. The van der Waals surface area contributed by atoms with Gasteiger partial charge in [-0.25, -0.2) is 0 Å². The minimum Gasteiger partial charge on any atom is -0.504 e. The molecule has 3 N–H and O–H groups in total. The summed E-state index contributed by atoms with van der Waals surface area (Å²) < 4.78 is 37.9. The maximum atomic E-state index is 12.6. The highest BCUT2D eigenvalue weighted by Gasteiger charge is 2.34. The minimum atomic E-state index is -4.66. The Kier molecular flexibility index (Phi) is 4.05. The van der Waals surface area contributed by atoms with Gasteiger partial charge < -0.3 is 15.3 Å². The van der Waals surface area contributed by atoms with Crippen molar-refractivity contribution in [1.82, 2.24) is 0 Å². The molecule has 0 unspecified atom stereocenters. The lowest BCUT2D eigenvalue weighted by Crippen LogP contribution is -2.10. The molecule has 0 saturated carbocycles. The van der Waals surface area contributed by atoms with Crippen LogP contribution in [0, 0.1) is 0 Å². The first-order chi connectivity index (χ1) is 8.23. The maximum absolute atomic E-state index is 12.6. The van der Waals surface area contributed by atoms with Gasteiger partial charge >= 0.3 is 12.1 Å². The number of hydrogen-bond acceptors (Lipinski definition) is 3. The lowest BCUT2D eigenvalue weighted by molar-refractivity contribution is -0.138. The molecule has 4 nitrogen and oxygen atoms in total. The number of carbonyl (C=O) groups is 1. The smallest absolute Gasteiger partial charge is 0.416 e. The van der Waals surface area contributed by atoms with Crippen molar-refractivity contribution in [2.45, 2.75) is 25.4 Å². The Hall–Kier alpha value is -1.92. The van der Waals surface area contributed by atoms with Crippen LogP contribution in [0.15, 0.2) is 12.1 Å². The first kappa shape index (κ1) is 14.1. The Balaban J connectivity index is 3.06. The molecule has 0 fully saturated rings. The SMILES string of the molecule is O=C(O)CCCc1c(C(F)(F)F)ccc(O)c1O. The Labute approximate surface area is 100 Å². The van der Waals surface area contributed by atoms with Crippen LogP contribution < -0.4 is 0 Å². The third kappa shape index (κ3) is 3.28. The van der Waals surface area contributed by atoms with Crippen LogP contribution in [0.1, 0.15) is 24.0 Å². The molecule has 0 saturated heterocycles. The molecule has 0 aliphatic carbocycles. The first-order valence-corrected chi connectivity index (χ1v) is 5.06. The summed E-state index contributed by atoms with van der Waals surface area (Å²) in [5, 5.41) is 27.0. The van der Waals surface area contributed by atoms with Crippen molar-refractivity contribution in [3.05, 3.63) is 23.3 Å². The Morgan fingerprint density at radius 2 is 1.83 bits per heavy atom. The number of phenols is 2. The van der Waals surface area contributed by atoms with E-state index in [2.05, 4.69) is 0 Å². The highest BCUT2D eigenvalue weighted by molar-refractivity contribution is 5.66. The molecule has 1 aromatic carbocycles. The predicted octanol–water partition coefficient (Wildman–Crippen LogP) is 2.52. The van der Waals surface area contributed by atoms with Crippen LogP contribution >= 0.6 is 0 Å². The lowest BCUT2D eigenvalue weighted by atomic mass is 9.99. The van der Waals surface area contributed by atoms with Crippen molar-refractivity contribution in [3.8, 4) is 11.5 Å². The van der Waals surface area contributed by atoms with Crippen LogP contribution in [0.3, 0.4) is 0 Å². The molecular weight excluding hydrogens is 253 g/mol. The summed E-state index contributed by atoms with van der Waals surface area (Å²) in [6.07, 6.45) is -5.31. The molecule has 0 aliphatic rings. The van der Waals surface area contributed by atoms with Crippen molar-refractivity contribution in [2.24, 2.45) is 0 Å². The normalized spacial score (nSPS) is 11.5. The second-order valence-corrected chi connectivity index (χ2v) is 3.70. The minimum absolute atomic E-state index is 0.0601. The number of aromatic hydroxyl groups is 2. The number of carboxylic acids is 1. The van der Waals surface area contributed by atoms with Gasteiger partial charge in [0, 0.05) is 12.0 Å². The van der Waals surface area contributed by atoms with Crippen molar-refractivity contribution >= 4 is 5.97 Å². The summed E-state index contributed by atoms with van der Waals surface area (Å²) in [5.74, 6) is -2.65. The zero-order valence-electron chi connectivity index (χ0n) is 9.16. The van der Waals surface area contributed by atoms with Gasteiger partial charge in [-0.3, -0.25) is 4.79 Å². The molecule has 0 aliphatic heterocycles. The third-order valence-electron chi connectivity index (χ3n) is 2.38. The molecule has 18 heavy (non-hydrogen) atoms. The Morgan fingerprint density at radius 1 is 1.22 bits per heavy atom. The van der Waals surface area contributed by atoms with Crippen LogP contribution in [0.25, 0.3) is 0 Å². The number of hydrogen-bond donors (Lipinski definition) is 3. The van der Waals surface area contributed by atoms with Gasteiger partial charge in [0.05, 0.1) is 5.56 Å². The van der Waals surface area contributed by atoms with Gasteiger partial charge in [-0.05, 0) is 25.0 Å². The second-order valence-electron chi connectivity index (χ2n) is 3.70. The van der Waals surface area contributed by atoms with Crippen LogP contribution in [-0.4, -0.2) is 21.3 Å². The van der Waals surface area contributed by atoms with E-state index in [-0.39, 0.29) is 19.3 Å². The van der Waals surface area contributed by atoms with Gasteiger partial charge in [0.25, 0.3) is 0 Å². The second kappa shape index (κ2) is 5.16. The van der Waals surface area contributed by atoms with E-state index >= 15 is 0 Å². The Bertz CT molecular complexity index is 454. The van der Waals surface area contributed by atoms with Gasteiger partial charge in [0.1, 0.15) is 0 Å². The van der Waals surface area contributed by atoms with Gasteiger partial charge in [-0.15, -0.1) is 0 Å². The van der Waals surface area contributed by atoms with Crippen molar-refractivity contribution < 1.29 is 33.3 Å². The number of carboxylic acid groups (broad SMARTS) is 1. The first-order valence-electron chi connectivity index (χ1n) is 5.06. The Morgan fingerprint density at radius 3 is 2.33 bits per heavy atom. The van der Waals surface area contributed by atoms with Gasteiger partial charge in [0.2, 0.25) is 0 Å². The zero-order valence-corrected chi connectivity index (χ0v) is 9.16. The quantitative estimate of drug-likeness (QED) is 0.730. The fraction of sp³-hybridized carbons (Fsp3) is 0.364. The van der Waals surface area contributed by atoms with Crippen LogP contribution in [0.4, 0.5) is 13.2 Å². The lowest BCUT2D eigenvalue weighted by Gasteiger charge is -2.14. The number of rotatable bonds is 4. The van der Waals surface area contributed by atoms with Crippen LogP contribution in [0.2, 0.25) is 0 Å². The molecular formula is C11H11F3O4. The summed E-state index contributed by atoms with van der Waals surface area (Å²) in [6, 6.07) is 1.41. The number of alkyl halides is 3. The van der Waals surface area contributed by atoms with E-state index < -0.39 is 34.8 Å². The summed E-state index contributed by atoms with van der Waals surface area (Å²) >= 11 is 0. The van der Waals surface area contributed by atoms with Crippen LogP contribution in [-0.2, 0) is 17.4 Å². The van der Waals surface area contributed by atoms with Gasteiger partial charge in [-0.2, -0.15) is 13.2 Å². The van der Waals surface area contributed by atoms with E-state index in [9.17, 15) is 23.1 Å². The standard InChI is InChI=1S/C11H11F3O4/c12-11(13,14)7-4-5-8(15)10(18)6(7)2-1-3-9(16)17/h4-5,15,18H,1-3H2,(H,16,17).